The molecule has 0 saturated carbocycles. The van der Waals surface area contributed by atoms with Crippen molar-refractivity contribution < 1.29 is 9.67 Å². The van der Waals surface area contributed by atoms with E-state index in [1.54, 1.807) is 12.3 Å². The molecule has 26 heavy (non-hydrogen) atoms. The normalized spacial score (nSPS) is 11.7. The van der Waals surface area contributed by atoms with Gasteiger partial charge in [-0.15, -0.1) is 0 Å². The monoisotopic (exact) mass is 341 g/mol. The van der Waals surface area contributed by atoms with Crippen molar-refractivity contribution in [1.82, 2.24) is 4.98 Å². The zero-order valence-corrected chi connectivity index (χ0v) is 15.2. The Balaban J connectivity index is 1.83. The summed E-state index contributed by atoms with van der Waals surface area (Å²) in [5.41, 5.74) is 6.56. The first-order chi connectivity index (χ1) is 12.5. The van der Waals surface area contributed by atoms with Crippen LogP contribution in [0, 0.1) is 13.8 Å². The molecule has 2 heterocycles. The quantitative estimate of drug-likeness (QED) is 0.536. The average Bonchev–Trinajstić information content (AvgIpc) is 2.62. The fourth-order valence-electron chi connectivity index (χ4n) is 3.54. The molecule has 3 nitrogen and oxygen atoms in total. The van der Waals surface area contributed by atoms with Crippen LogP contribution in [0.25, 0.3) is 34.0 Å². The summed E-state index contributed by atoms with van der Waals surface area (Å²) in [5, 5.41) is 12.2. The van der Waals surface area contributed by atoms with Crippen molar-refractivity contribution in [3.05, 3.63) is 77.1 Å². The summed E-state index contributed by atoms with van der Waals surface area (Å²) in [6.07, 6.45) is 5.91. The van der Waals surface area contributed by atoms with E-state index in [4.69, 9.17) is 0 Å². The zero-order chi connectivity index (χ0) is 18.3. The lowest BCUT2D eigenvalue weighted by molar-refractivity contribution is -0.646. The predicted octanol–water partition coefficient (Wildman–Crippen LogP) is 4.71. The number of phenols is 1. The minimum atomic E-state index is 0.208. The van der Waals surface area contributed by atoms with E-state index >= 15 is 0 Å². The third-order valence-electron chi connectivity index (χ3n) is 4.90. The number of aromatic nitrogens is 2. The summed E-state index contributed by atoms with van der Waals surface area (Å²) in [5.74, 6) is 0.208. The molecule has 0 saturated heterocycles. The number of hydrogen-bond acceptors (Lipinski definition) is 2. The molecule has 0 spiro atoms. The van der Waals surface area contributed by atoms with E-state index in [0.717, 1.165) is 16.6 Å². The van der Waals surface area contributed by atoms with Crippen molar-refractivity contribution >= 4 is 34.0 Å². The van der Waals surface area contributed by atoms with E-state index in [-0.39, 0.29) is 5.75 Å². The standard InChI is InChI=1S/C23H20N2O/c1-15-13-16(2)19-10-9-18(25(3)21(19)14-15)8-7-17-11-12-24-23-20(17)5-4-6-22(23)26/h4-14H,1-3H3/p+1. The molecule has 4 rings (SSSR count). The van der Waals surface area contributed by atoms with Crippen molar-refractivity contribution in [2.75, 3.05) is 0 Å². The van der Waals surface area contributed by atoms with Gasteiger partial charge in [-0.25, -0.2) is 0 Å². The molecule has 0 radical (unpaired) electrons. The highest BCUT2D eigenvalue weighted by Gasteiger charge is 2.12. The summed E-state index contributed by atoms with van der Waals surface area (Å²) in [6, 6.07) is 16.2. The first kappa shape index (κ1) is 16.3. The topological polar surface area (TPSA) is 37.0 Å². The van der Waals surface area contributed by atoms with Gasteiger partial charge in [-0.3, -0.25) is 4.98 Å². The molecule has 0 aliphatic rings. The van der Waals surface area contributed by atoms with Gasteiger partial charge in [-0.2, -0.15) is 4.57 Å². The van der Waals surface area contributed by atoms with Crippen LogP contribution in [-0.4, -0.2) is 10.1 Å². The van der Waals surface area contributed by atoms with E-state index in [0.29, 0.717) is 5.52 Å². The Labute approximate surface area is 152 Å². The van der Waals surface area contributed by atoms with Crippen LogP contribution in [0.1, 0.15) is 22.4 Å². The Morgan fingerprint density at radius 2 is 1.81 bits per heavy atom. The molecular weight excluding hydrogens is 320 g/mol. The predicted molar refractivity (Wildman–Crippen MR) is 107 cm³/mol. The molecule has 2 aromatic carbocycles. The molecule has 0 aliphatic heterocycles. The molecule has 1 N–H and O–H groups in total. The van der Waals surface area contributed by atoms with Crippen LogP contribution in [-0.2, 0) is 7.05 Å². The number of rotatable bonds is 2. The van der Waals surface area contributed by atoms with Gasteiger partial charge in [0, 0.05) is 35.2 Å². The van der Waals surface area contributed by atoms with Crippen LogP contribution in [0.15, 0.2) is 54.7 Å². The van der Waals surface area contributed by atoms with Gasteiger partial charge < -0.3 is 5.11 Å². The van der Waals surface area contributed by atoms with E-state index in [1.807, 2.05) is 18.2 Å². The number of fused-ring (bicyclic) bond motifs is 2. The highest BCUT2D eigenvalue weighted by Crippen LogP contribution is 2.26. The van der Waals surface area contributed by atoms with Crippen LogP contribution in [0.3, 0.4) is 0 Å². The second-order valence-electron chi connectivity index (χ2n) is 6.74. The number of aryl methyl sites for hydroxylation is 3. The summed E-state index contributed by atoms with van der Waals surface area (Å²) in [7, 11) is 2.09. The number of phenolic OH excluding ortho intramolecular Hbond substituents is 1. The molecule has 128 valence electrons. The minimum absolute atomic E-state index is 0.208. The van der Waals surface area contributed by atoms with Crippen molar-refractivity contribution in [3.63, 3.8) is 0 Å². The Bertz CT molecular complexity index is 1180. The lowest BCUT2D eigenvalue weighted by Crippen LogP contribution is -2.32. The highest BCUT2D eigenvalue weighted by molar-refractivity contribution is 5.93. The highest BCUT2D eigenvalue weighted by atomic mass is 16.3. The number of hydrogen-bond donors (Lipinski definition) is 1. The van der Waals surface area contributed by atoms with Crippen LogP contribution < -0.4 is 4.57 Å². The first-order valence-electron chi connectivity index (χ1n) is 8.69. The molecule has 0 atom stereocenters. The van der Waals surface area contributed by atoms with E-state index in [9.17, 15) is 5.11 Å². The number of para-hydroxylation sites is 1. The van der Waals surface area contributed by atoms with Crippen LogP contribution in [0.4, 0.5) is 0 Å². The second-order valence-corrected chi connectivity index (χ2v) is 6.74. The van der Waals surface area contributed by atoms with Gasteiger partial charge >= 0.3 is 0 Å². The van der Waals surface area contributed by atoms with Gasteiger partial charge in [0.15, 0.2) is 0 Å². The van der Waals surface area contributed by atoms with Crippen molar-refractivity contribution in [2.24, 2.45) is 7.05 Å². The van der Waals surface area contributed by atoms with Gasteiger partial charge in [-0.05, 0) is 54.8 Å². The third-order valence-corrected chi connectivity index (χ3v) is 4.90. The van der Waals surface area contributed by atoms with Crippen molar-refractivity contribution in [2.45, 2.75) is 13.8 Å². The fraction of sp³-hybridized carbons (Fsp3) is 0.130. The number of pyridine rings is 2. The fourth-order valence-corrected chi connectivity index (χ4v) is 3.54. The second kappa shape index (κ2) is 6.26. The van der Waals surface area contributed by atoms with Crippen molar-refractivity contribution in [1.29, 1.82) is 0 Å². The molecule has 3 heteroatoms. The maximum atomic E-state index is 10.0. The van der Waals surface area contributed by atoms with Crippen LogP contribution in [0.5, 0.6) is 5.75 Å². The molecular formula is C23H21N2O+. The number of nitrogens with zero attached hydrogens (tertiary/aromatic N) is 2. The van der Waals surface area contributed by atoms with E-state index in [2.05, 4.69) is 66.9 Å². The summed E-state index contributed by atoms with van der Waals surface area (Å²) in [6.45, 7) is 4.28. The van der Waals surface area contributed by atoms with Gasteiger partial charge in [0.2, 0.25) is 11.2 Å². The van der Waals surface area contributed by atoms with E-state index in [1.165, 1.54) is 22.0 Å². The van der Waals surface area contributed by atoms with Gasteiger partial charge in [0.1, 0.15) is 18.3 Å². The number of aromatic hydroxyl groups is 1. The lowest BCUT2D eigenvalue weighted by atomic mass is 10.0. The van der Waals surface area contributed by atoms with Crippen molar-refractivity contribution in [3.8, 4) is 5.75 Å². The van der Waals surface area contributed by atoms with Gasteiger partial charge in [0.25, 0.3) is 0 Å². The van der Waals surface area contributed by atoms with Crippen LogP contribution in [0.2, 0.25) is 0 Å². The maximum Gasteiger partial charge on any atom is 0.213 e. The van der Waals surface area contributed by atoms with Gasteiger partial charge in [0.05, 0.1) is 0 Å². The Morgan fingerprint density at radius 3 is 2.65 bits per heavy atom. The Kier molecular flexibility index (Phi) is 3.92. The molecule has 0 bridgehead atoms. The summed E-state index contributed by atoms with van der Waals surface area (Å²) >= 11 is 0. The molecule has 0 unspecified atom stereocenters. The Morgan fingerprint density at radius 1 is 0.962 bits per heavy atom. The largest absolute Gasteiger partial charge is 0.506 e. The number of benzene rings is 2. The molecule has 0 aliphatic carbocycles. The zero-order valence-electron chi connectivity index (χ0n) is 15.2. The smallest absolute Gasteiger partial charge is 0.213 e. The molecule has 2 aromatic heterocycles. The van der Waals surface area contributed by atoms with E-state index < -0.39 is 0 Å². The Hall–Kier alpha value is -3.20. The average molecular weight is 341 g/mol. The molecule has 0 amide bonds. The van der Waals surface area contributed by atoms with Gasteiger partial charge in [-0.1, -0.05) is 18.2 Å². The first-order valence-corrected chi connectivity index (χ1v) is 8.69. The summed E-state index contributed by atoms with van der Waals surface area (Å²) in [4.78, 5) is 4.29. The third kappa shape index (κ3) is 2.72. The SMILES string of the molecule is Cc1cc(C)c2ccc(C=Cc3ccnc4c(O)cccc34)[n+](C)c2c1. The molecule has 0 fully saturated rings. The minimum Gasteiger partial charge on any atom is -0.506 e. The van der Waals surface area contributed by atoms with Crippen LogP contribution >= 0.6 is 0 Å². The summed E-state index contributed by atoms with van der Waals surface area (Å²) < 4.78 is 2.21. The lowest BCUT2D eigenvalue weighted by Gasteiger charge is -2.05. The molecule has 4 aromatic rings. The maximum absolute atomic E-state index is 10.0.